The Morgan fingerprint density at radius 1 is 1.14 bits per heavy atom. The molecular formula is C22H24N2O4. The molecule has 1 aromatic heterocycles. The van der Waals surface area contributed by atoms with E-state index in [0.717, 1.165) is 36.6 Å². The number of aromatic carboxylic acids is 1. The fourth-order valence-electron chi connectivity index (χ4n) is 3.90. The zero-order chi connectivity index (χ0) is 19.5. The average molecular weight is 380 g/mol. The summed E-state index contributed by atoms with van der Waals surface area (Å²) >= 11 is 0. The lowest BCUT2D eigenvalue weighted by Crippen LogP contribution is -2.31. The van der Waals surface area contributed by atoms with Gasteiger partial charge in [-0.1, -0.05) is 55.3 Å². The summed E-state index contributed by atoms with van der Waals surface area (Å²) in [7, 11) is 0. The SMILES string of the molecule is O=C(O)c1cccc2cn(CC(OC3CCCC3)C(O)c3ccccc3)nc12. The molecule has 2 aromatic carbocycles. The van der Waals surface area contributed by atoms with Crippen LogP contribution in [0.5, 0.6) is 0 Å². The number of benzene rings is 2. The number of fused-ring (bicyclic) bond motifs is 1. The maximum Gasteiger partial charge on any atom is 0.337 e. The highest BCUT2D eigenvalue weighted by atomic mass is 16.5. The number of aliphatic hydroxyl groups is 1. The summed E-state index contributed by atoms with van der Waals surface area (Å²) in [5, 5.41) is 25.6. The molecule has 0 aliphatic heterocycles. The fraction of sp³-hybridized carbons (Fsp3) is 0.364. The van der Waals surface area contributed by atoms with Crippen molar-refractivity contribution < 1.29 is 19.7 Å². The van der Waals surface area contributed by atoms with Crippen molar-refractivity contribution in [2.24, 2.45) is 0 Å². The Balaban J connectivity index is 1.62. The van der Waals surface area contributed by atoms with Gasteiger partial charge in [-0.05, 0) is 24.5 Å². The number of aliphatic hydroxyl groups excluding tert-OH is 1. The van der Waals surface area contributed by atoms with Gasteiger partial charge >= 0.3 is 5.97 Å². The molecule has 0 radical (unpaired) electrons. The number of ether oxygens (including phenoxy) is 1. The molecule has 6 nitrogen and oxygen atoms in total. The molecule has 2 unspecified atom stereocenters. The molecule has 1 aliphatic rings. The predicted molar refractivity (Wildman–Crippen MR) is 105 cm³/mol. The third-order valence-electron chi connectivity index (χ3n) is 5.34. The van der Waals surface area contributed by atoms with Crippen molar-refractivity contribution in [3.8, 4) is 0 Å². The van der Waals surface area contributed by atoms with E-state index >= 15 is 0 Å². The zero-order valence-corrected chi connectivity index (χ0v) is 15.6. The first-order valence-corrected chi connectivity index (χ1v) is 9.70. The van der Waals surface area contributed by atoms with Gasteiger partial charge in [0.25, 0.3) is 0 Å². The van der Waals surface area contributed by atoms with E-state index in [-0.39, 0.29) is 11.7 Å². The number of aromatic nitrogens is 2. The average Bonchev–Trinajstić information content (AvgIpc) is 3.36. The Morgan fingerprint density at radius 3 is 2.61 bits per heavy atom. The van der Waals surface area contributed by atoms with E-state index in [1.807, 2.05) is 42.6 Å². The van der Waals surface area contributed by atoms with Crippen LogP contribution in [0.3, 0.4) is 0 Å². The van der Waals surface area contributed by atoms with E-state index in [0.29, 0.717) is 12.1 Å². The van der Waals surface area contributed by atoms with Gasteiger partial charge < -0.3 is 14.9 Å². The molecule has 1 saturated carbocycles. The van der Waals surface area contributed by atoms with Gasteiger partial charge in [0.15, 0.2) is 0 Å². The standard InChI is InChI=1S/C22H24N2O4/c25-21(15-7-2-1-3-8-15)19(28-17-10-4-5-11-17)14-24-13-16-9-6-12-18(22(26)27)20(16)23-24/h1-3,6-9,12-13,17,19,21,25H,4-5,10-11,14H2,(H,26,27). The van der Waals surface area contributed by atoms with Gasteiger partial charge in [-0.15, -0.1) is 0 Å². The number of carboxylic acid groups (broad SMARTS) is 1. The predicted octanol–water partition coefficient (Wildman–Crippen LogP) is 3.80. The minimum atomic E-state index is -1.00. The molecule has 0 spiro atoms. The Labute approximate surface area is 163 Å². The first-order chi connectivity index (χ1) is 13.6. The van der Waals surface area contributed by atoms with E-state index in [1.165, 1.54) is 0 Å². The van der Waals surface area contributed by atoms with E-state index in [1.54, 1.807) is 16.8 Å². The molecule has 0 saturated heterocycles. The molecule has 0 bridgehead atoms. The van der Waals surface area contributed by atoms with Crippen molar-refractivity contribution >= 4 is 16.9 Å². The number of rotatable bonds is 7. The Hall–Kier alpha value is -2.70. The van der Waals surface area contributed by atoms with Crippen molar-refractivity contribution in [1.82, 2.24) is 9.78 Å². The zero-order valence-electron chi connectivity index (χ0n) is 15.6. The monoisotopic (exact) mass is 380 g/mol. The van der Waals surface area contributed by atoms with Crippen LogP contribution in [0.15, 0.2) is 54.7 Å². The third-order valence-corrected chi connectivity index (χ3v) is 5.34. The molecule has 4 rings (SSSR count). The van der Waals surface area contributed by atoms with Crippen LogP contribution in [0.2, 0.25) is 0 Å². The molecule has 6 heteroatoms. The minimum Gasteiger partial charge on any atom is -0.478 e. The molecule has 28 heavy (non-hydrogen) atoms. The van der Waals surface area contributed by atoms with Crippen molar-refractivity contribution in [3.05, 3.63) is 65.9 Å². The number of carboxylic acids is 1. The van der Waals surface area contributed by atoms with Crippen LogP contribution in [0.1, 0.15) is 47.7 Å². The van der Waals surface area contributed by atoms with Gasteiger partial charge in [0.1, 0.15) is 17.7 Å². The van der Waals surface area contributed by atoms with Crippen molar-refractivity contribution in [2.75, 3.05) is 0 Å². The Kier molecular flexibility index (Phi) is 5.41. The molecule has 2 N–H and O–H groups in total. The molecular weight excluding hydrogens is 356 g/mol. The van der Waals surface area contributed by atoms with Gasteiger partial charge in [-0.25, -0.2) is 4.79 Å². The van der Waals surface area contributed by atoms with E-state index < -0.39 is 18.2 Å². The second kappa shape index (κ2) is 8.12. The van der Waals surface area contributed by atoms with Gasteiger partial charge in [-0.3, -0.25) is 4.68 Å². The number of carbonyl (C=O) groups is 1. The largest absolute Gasteiger partial charge is 0.478 e. The summed E-state index contributed by atoms with van der Waals surface area (Å²) < 4.78 is 7.96. The number of hydrogen-bond donors (Lipinski definition) is 2. The molecule has 2 atom stereocenters. The quantitative estimate of drug-likeness (QED) is 0.651. The van der Waals surface area contributed by atoms with Crippen molar-refractivity contribution in [2.45, 2.75) is 50.5 Å². The molecule has 146 valence electrons. The van der Waals surface area contributed by atoms with Gasteiger partial charge in [-0.2, -0.15) is 5.10 Å². The third kappa shape index (κ3) is 3.93. The van der Waals surface area contributed by atoms with Gasteiger partial charge in [0.2, 0.25) is 0 Å². The van der Waals surface area contributed by atoms with Crippen LogP contribution >= 0.6 is 0 Å². The van der Waals surface area contributed by atoms with E-state index in [4.69, 9.17) is 4.74 Å². The summed E-state index contributed by atoms with van der Waals surface area (Å²) in [5.74, 6) is -1.00. The summed E-state index contributed by atoms with van der Waals surface area (Å²) in [6, 6.07) is 14.6. The Bertz CT molecular complexity index is 948. The number of nitrogens with zero attached hydrogens (tertiary/aromatic N) is 2. The first-order valence-electron chi connectivity index (χ1n) is 9.70. The van der Waals surface area contributed by atoms with Gasteiger partial charge in [0.05, 0.1) is 18.2 Å². The second-order valence-electron chi connectivity index (χ2n) is 7.34. The lowest BCUT2D eigenvalue weighted by molar-refractivity contribution is -0.0844. The first kappa shape index (κ1) is 18.7. The highest BCUT2D eigenvalue weighted by molar-refractivity contribution is 6.01. The van der Waals surface area contributed by atoms with Crippen LogP contribution in [0, 0.1) is 0 Å². The second-order valence-corrected chi connectivity index (χ2v) is 7.34. The maximum absolute atomic E-state index is 11.5. The smallest absolute Gasteiger partial charge is 0.337 e. The van der Waals surface area contributed by atoms with Crippen LogP contribution in [0.25, 0.3) is 10.9 Å². The molecule has 3 aromatic rings. The van der Waals surface area contributed by atoms with Crippen molar-refractivity contribution in [3.63, 3.8) is 0 Å². The lowest BCUT2D eigenvalue weighted by Gasteiger charge is -2.27. The molecule has 1 aliphatic carbocycles. The highest BCUT2D eigenvalue weighted by Crippen LogP contribution is 2.28. The fourth-order valence-corrected chi connectivity index (χ4v) is 3.90. The maximum atomic E-state index is 11.5. The molecule has 1 heterocycles. The van der Waals surface area contributed by atoms with Gasteiger partial charge in [0, 0.05) is 11.6 Å². The van der Waals surface area contributed by atoms with E-state index in [2.05, 4.69) is 5.10 Å². The minimum absolute atomic E-state index is 0.142. The molecule has 0 amide bonds. The van der Waals surface area contributed by atoms with E-state index in [9.17, 15) is 15.0 Å². The molecule has 1 fully saturated rings. The summed E-state index contributed by atoms with van der Waals surface area (Å²) in [6.45, 7) is 0.348. The normalized spacial score (nSPS) is 17.0. The Morgan fingerprint density at radius 2 is 1.89 bits per heavy atom. The summed E-state index contributed by atoms with van der Waals surface area (Å²) in [4.78, 5) is 11.5. The van der Waals surface area contributed by atoms with Crippen LogP contribution in [-0.2, 0) is 11.3 Å². The van der Waals surface area contributed by atoms with Crippen molar-refractivity contribution in [1.29, 1.82) is 0 Å². The van der Waals surface area contributed by atoms with Crippen LogP contribution in [-0.4, -0.2) is 38.2 Å². The highest BCUT2D eigenvalue weighted by Gasteiger charge is 2.28. The summed E-state index contributed by atoms with van der Waals surface area (Å²) in [5.41, 5.74) is 1.42. The summed E-state index contributed by atoms with van der Waals surface area (Å²) in [6.07, 6.45) is 5.00. The lowest BCUT2D eigenvalue weighted by atomic mass is 10.0. The van der Waals surface area contributed by atoms with Crippen LogP contribution in [0.4, 0.5) is 0 Å². The van der Waals surface area contributed by atoms with Crippen LogP contribution < -0.4 is 0 Å². The topological polar surface area (TPSA) is 84.6 Å². The number of hydrogen-bond acceptors (Lipinski definition) is 4.